The molecule has 138 valence electrons. The fraction of sp³-hybridized carbons (Fsp3) is 0.0952. The number of carbonyl (C=O) groups is 1. The zero-order valence-electron chi connectivity index (χ0n) is 14.8. The number of rotatable bonds is 7. The van der Waals surface area contributed by atoms with Crippen molar-refractivity contribution in [3.63, 3.8) is 0 Å². The van der Waals surface area contributed by atoms with E-state index in [1.54, 1.807) is 36.4 Å². The van der Waals surface area contributed by atoms with Crippen LogP contribution in [0.4, 0.5) is 0 Å². The third-order valence-corrected chi connectivity index (χ3v) is 4.21. The van der Waals surface area contributed by atoms with Crippen LogP contribution in [-0.2, 0) is 6.61 Å². The molecule has 3 rings (SSSR count). The maximum absolute atomic E-state index is 12.5. The monoisotopic (exact) mass is 382 g/mol. The van der Waals surface area contributed by atoms with E-state index in [9.17, 15) is 4.79 Å². The van der Waals surface area contributed by atoms with Gasteiger partial charge in [-0.15, -0.1) is 0 Å². The van der Waals surface area contributed by atoms with Crippen LogP contribution < -0.4 is 15.6 Å². The van der Waals surface area contributed by atoms with Gasteiger partial charge in [-0.05, 0) is 37.3 Å². The van der Waals surface area contributed by atoms with Gasteiger partial charge in [-0.2, -0.15) is 0 Å². The first-order valence-corrected chi connectivity index (χ1v) is 8.69. The van der Waals surface area contributed by atoms with E-state index >= 15 is 0 Å². The molecule has 2 aromatic carbocycles. The average molecular weight is 383 g/mol. The first-order valence-electron chi connectivity index (χ1n) is 8.32. The zero-order chi connectivity index (χ0) is 19.2. The van der Waals surface area contributed by atoms with Crippen LogP contribution in [-0.4, -0.2) is 5.91 Å². The van der Waals surface area contributed by atoms with Crippen LogP contribution in [0.25, 0.3) is 5.70 Å². The highest BCUT2D eigenvalue weighted by atomic mass is 35.5. The number of amides is 1. The molecule has 0 aliphatic rings. The minimum atomic E-state index is -0.353. The van der Waals surface area contributed by atoms with Crippen molar-refractivity contribution < 1.29 is 13.9 Å². The summed E-state index contributed by atoms with van der Waals surface area (Å²) in [5.74, 6) is 1.42. The fourth-order valence-corrected chi connectivity index (χ4v) is 2.60. The van der Waals surface area contributed by atoms with Crippen molar-refractivity contribution >= 4 is 23.2 Å². The third kappa shape index (κ3) is 4.71. The maximum Gasteiger partial charge on any atom is 0.273 e. The largest absolute Gasteiger partial charge is 0.488 e. The van der Waals surface area contributed by atoms with Gasteiger partial charge in [0, 0.05) is 10.6 Å². The number of nitrogens with one attached hydrogen (secondary N) is 2. The molecule has 0 atom stereocenters. The number of aryl methyl sites for hydroxylation is 1. The van der Waals surface area contributed by atoms with Gasteiger partial charge in [-0.25, -0.2) is 0 Å². The smallest absolute Gasteiger partial charge is 0.273 e. The Morgan fingerprint density at radius 2 is 1.81 bits per heavy atom. The summed E-state index contributed by atoms with van der Waals surface area (Å²) in [7, 11) is 0. The predicted octanol–water partition coefficient (Wildman–Crippen LogP) is 4.73. The molecule has 27 heavy (non-hydrogen) atoms. The van der Waals surface area contributed by atoms with Crippen molar-refractivity contribution in [1.29, 1.82) is 0 Å². The van der Waals surface area contributed by atoms with Gasteiger partial charge < -0.3 is 9.15 Å². The molecule has 0 unspecified atom stereocenters. The maximum atomic E-state index is 12.5. The molecule has 1 aromatic heterocycles. The number of furan rings is 1. The molecular weight excluding hydrogens is 364 g/mol. The van der Waals surface area contributed by atoms with Crippen molar-refractivity contribution in [2.45, 2.75) is 13.5 Å². The Bertz CT molecular complexity index is 965. The van der Waals surface area contributed by atoms with E-state index in [4.69, 9.17) is 20.8 Å². The molecular formula is C21H19ClN2O3. The molecule has 0 aliphatic carbocycles. The molecule has 0 fully saturated rings. The Morgan fingerprint density at radius 3 is 2.56 bits per heavy atom. The number of para-hydroxylation sites is 1. The fourth-order valence-electron chi connectivity index (χ4n) is 2.41. The Hall–Kier alpha value is -3.18. The summed E-state index contributed by atoms with van der Waals surface area (Å²) in [4.78, 5) is 12.5. The SMILES string of the molecule is C=C(NNC(=O)c1ccccc1OCc1ccccc1Cl)c1ccc(C)o1. The van der Waals surface area contributed by atoms with E-state index in [1.807, 2.05) is 31.2 Å². The first kappa shape index (κ1) is 18.6. The molecule has 2 N–H and O–H groups in total. The zero-order valence-corrected chi connectivity index (χ0v) is 15.5. The molecule has 0 radical (unpaired) electrons. The molecule has 0 aliphatic heterocycles. The molecule has 6 heteroatoms. The summed E-state index contributed by atoms with van der Waals surface area (Å²) in [6.07, 6.45) is 0. The van der Waals surface area contributed by atoms with Crippen molar-refractivity contribution in [2.75, 3.05) is 0 Å². The second-order valence-electron chi connectivity index (χ2n) is 5.84. The van der Waals surface area contributed by atoms with Gasteiger partial charge in [0.05, 0.1) is 11.3 Å². The number of ether oxygens (including phenoxy) is 1. The molecule has 5 nitrogen and oxygen atoms in total. The lowest BCUT2D eigenvalue weighted by Gasteiger charge is -2.13. The van der Waals surface area contributed by atoms with Crippen LogP contribution in [0.1, 0.15) is 27.4 Å². The van der Waals surface area contributed by atoms with Crippen molar-refractivity contribution in [2.24, 2.45) is 0 Å². The van der Waals surface area contributed by atoms with Crippen LogP contribution in [0.3, 0.4) is 0 Å². The van der Waals surface area contributed by atoms with Gasteiger partial charge in [-0.3, -0.25) is 15.6 Å². The molecule has 0 spiro atoms. The average Bonchev–Trinajstić information content (AvgIpc) is 3.12. The Labute approximate surface area is 162 Å². The highest BCUT2D eigenvalue weighted by molar-refractivity contribution is 6.31. The molecule has 0 saturated carbocycles. The minimum absolute atomic E-state index is 0.260. The van der Waals surface area contributed by atoms with Crippen molar-refractivity contribution in [3.05, 3.63) is 94.9 Å². The predicted molar refractivity (Wildman–Crippen MR) is 105 cm³/mol. The van der Waals surface area contributed by atoms with Gasteiger partial charge in [0.25, 0.3) is 5.91 Å². The molecule has 0 saturated heterocycles. The summed E-state index contributed by atoms with van der Waals surface area (Å²) in [6, 6.07) is 18.0. The molecule has 1 heterocycles. The second-order valence-corrected chi connectivity index (χ2v) is 6.25. The number of hydrazine groups is 1. The topological polar surface area (TPSA) is 63.5 Å². The molecule has 3 aromatic rings. The van der Waals surface area contributed by atoms with Crippen LogP contribution in [0.2, 0.25) is 5.02 Å². The number of benzene rings is 2. The Morgan fingerprint density at radius 1 is 1.07 bits per heavy atom. The van der Waals surface area contributed by atoms with Crippen LogP contribution in [0.15, 0.2) is 71.7 Å². The van der Waals surface area contributed by atoms with Gasteiger partial charge in [0.15, 0.2) is 5.76 Å². The van der Waals surface area contributed by atoms with E-state index in [0.717, 1.165) is 11.3 Å². The minimum Gasteiger partial charge on any atom is -0.488 e. The van der Waals surface area contributed by atoms with Crippen molar-refractivity contribution in [3.8, 4) is 5.75 Å². The van der Waals surface area contributed by atoms with Gasteiger partial charge in [-0.1, -0.05) is 48.5 Å². The lowest BCUT2D eigenvalue weighted by Crippen LogP contribution is -2.36. The van der Waals surface area contributed by atoms with E-state index in [0.29, 0.717) is 27.8 Å². The highest BCUT2D eigenvalue weighted by Gasteiger charge is 2.13. The lowest BCUT2D eigenvalue weighted by molar-refractivity contribution is 0.0937. The molecule has 1 amide bonds. The Balaban J connectivity index is 1.65. The summed E-state index contributed by atoms with van der Waals surface area (Å²) in [6.45, 7) is 5.94. The number of halogens is 1. The van der Waals surface area contributed by atoms with E-state index < -0.39 is 0 Å². The number of hydrogen-bond donors (Lipinski definition) is 2. The van der Waals surface area contributed by atoms with E-state index in [-0.39, 0.29) is 12.5 Å². The Kier molecular flexibility index (Phi) is 5.84. The second kappa shape index (κ2) is 8.47. The summed E-state index contributed by atoms with van der Waals surface area (Å²) >= 11 is 6.15. The summed E-state index contributed by atoms with van der Waals surface area (Å²) in [5, 5.41) is 0.617. The van der Waals surface area contributed by atoms with Gasteiger partial charge in [0.1, 0.15) is 18.1 Å². The quantitative estimate of drug-likeness (QED) is 0.580. The lowest BCUT2D eigenvalue weighted by atomic mass is 10.2. The first-order chi connectivity index (χ1) is 13.0. The van der Waals surface area contributed by atoms with E-state index in [1.165, 1.54) is 0 Å². The highest BCUT2D eigenvalue weighted by Crippen LogP contribution is 2.22. The van der Waals surface area contributed by atoms with E-state index in [2.05, 4.69) is 17.4 Å². The van der Waals surface area contributed by atoms with Crippen LogP contribution in [0, 0.1) is 6.92 Å². The van der Waals surface area contributed by atoms with Crippen LogP contribution >= 0.6 is 11.6 Å². The summed E-state index contributed by atoms with van der Waals surface area (Å²) < 4.78 is 11.3. The third-order valence-electron chi connectivity index (χ3n) is 3.84. The van der Waals surface area contributed by atoms with Gasteiger partial charge in [0.2, 0.25) is 0 Å². The normalized spacial score (nSPS) is 10.3. The van der Waals surface area contributed by atoms with Crippen molar-refractivity contribution in [1.82, 2.24) is 10.9 Å². The standard InChI is InChI=1S/C21H19ClN2O3/c1-14-11-12-19(27-14)15(2)23-24-21(25)17-8-4-6-10-20(17)26-13-16-7-3-5-9-18(16)22/h3-12,23H,2,13H2,1H3,(H,24,25). The van der Waals surface area contributed by atoms with Crippen LogP contribution in [0.5, 0.6) is 5.75 Å². The number of hydrogen-bond acceptors (Lipinski definition) is 4. The van der Waals surface area contributed by atoms with Gasteiger partial charge >= 0.3 is 0 Å². The number of carbonyl (C=O) groups excluding carboxylic acids is 1. The summed E-state index contributed by atoms with van der Waals surface area (Å²) in [5.41, 5.74) is 7.04. The molecule has 0 bridgehead atoms.